The highest BCUT2D eigenvalue weighted by molar-refractivity contribution is 4.99. The molecule has 0 nitrogen and oxygen atoms in total. The quantitative estimate of drug-likeness (QED) is 0.0533. The molecular weight excluding hydrogens is 1270 g/mol. The maximum Gasteiger partial charge on any atom is -0.0323 e. The summed E-state index contributed by atoms with van der Waals surface area (Å²) in [5, 5.41) is 0. The molecule has 0 spiro atoms. The van der Waals surface area contributed by atoms with E-state index < -0.39 is 0 Å². The Hall–Kier alpha value is -1.30. The van der Waals surface area contributed by atoms with Crippen LogP contribution in [0.2, 0.25) is 0 Å². The van der Waals surface area contributed by atoms with E-state index in [1.54, 1.807) is 27.9 Å². The van der Waals surface area contributed by atoms with Gasteiger partial charge in [-0.05, 0) is 220 Å². The fraction of sp³-hybridized carbons (Fsp3) is 0.906. The van der Waals surface area contributed by atoms with Crippen LogP contribution in [0.3, 0.4) is 0 Å². The lowest BCUT2D eigenvalue weighted by Crippen LogP contribution is -2.00. The first-order valence-corrected chi connectivity index (χ1v) is 48.0. The zero-order valence-corrected chi connectivity index (χ0v) is 79.4. The molecule has 0 N–H and O–H groups in total. The standard InChI is InChI=1S/5C21H42.CH4/c5*1-7-11-19(4)14-9-15-21(6)17-10-16-20(5)13-8-12-18(2)3;/h5*11,18,20-21H,7-10,12-17H2,1-6H3;1H4/b5*19-11+;/t2*20-,21+;2*20-,21-;;/m1010../s1. The van der Waals surface area contributed by atoms with E-state index in [2.05, 4.69) is 238 Å². The van der Waals surface area contributed by atoms with Crippen LogP contribution in [-0.2, 0) is 0 Å². The molecular formula is C106H214. The van der Waals surface area contributed by atoms with Crippen molar-refractivity contribution in [1.29, 1.82) is 0 Å². The SMILES string of the molecule is C.CC/C=C(\C)CCCC(C)CCCC(C)CCCC(C)C.CC/C=C(\C)CCC[C@@H](C)CCC[C@@H](C)CCCC(C)C.CC/C=C(\C)CCC[C@@H](C)CCC[C@H](C)CCCC(C)C.CC/C=C(\C)CCC[C@H](C)CCC[C@@H](C)CCCC(C)C.CC/C=C(\C)CCC[C@H](C)CCC[C@H](C)CCCC(C)C. The highest BCUT2D eigenvalue weighted by Crippen LogP contribution is 2.28. The molecule has 2 unspecified atom stereocenters. The average molecular weight is 1490 g/mol. The highest BCUT2D eigenvalue weighted by atomic mass is 14.2. The lowest BCUT2D eigenvalue weighted by molar-refractivity contribution is 0.389. The van der Waals surface area contributed by atoms with Crippen LogP contribution in [0.15, 0.2) is 58.2 Å². The molecule has 0 fully saturated rings. The minimum atomic E-state index is 0. The maximum atomic E-state index is 2.45. The van der Waals surface area contributed by atoms with Crippen LogP contribution in [0.5, 0.6) is 0 Å². The molecule has 0 saturated carbocycles. The molecule has 0 aliphatic rings. The molecule has 0 saturated heterocycles. The predicted octanol–water partition coefficient (Wildman–Crippen LogP) is 39.5. The molecule has 10 atom stereocenters. The molecule has 0 radical (unpaired) electrons. The largest absolute Gasteiger partial charge is 0.0859 e. The van der Waals surface area contributed by atoms with E-state index in [0.717, 1.165) is 88.8 Å². The first-order chi connectivity index (χ1) is 49.8. The van der Waals surface area contributed by atoms with Crippen molar-refractivity contribution in [3.63, 3.8) is 0 Å². The molecule has 106 heavy (non-hydrogen) atoms. The van der Waals surface area contributed by atoms with Gasteiger partial charge < -0.3 is 0 Å². The zero-order chi connectivity index (χ0) is 80.4. The fourth-order valence-electron chi connectivity index (χ4n) is 15.8. The Kier molecular flexibility index (Phi) is 92.2. The summed E-state index contributed by atoms with van der Waals surface area (Å²) in [6, 6.07) is 0. The van der Waals surface area contributed by atoms with Crippen molar-refractivity contribution >= 4 is 0 Å². The molecule has 0 rings (SSSR count). The van der Waals surface area contributed by atoms with Gasteiger partial charge in [0.25, 0.3) is 0 Å². The second kappa shape index (κ2) is 84.6. The van der Waals surface area contributed by atoms with Crippen molar-refractivity contribution in [2.24, 2.45) is 88.8 Å². The van der Waals surface area contributed by atoms with E-state index in [1.165, 1.54) is 321 Å². The number of allylic oxidation sites excluding steroid dienone is 10. The van der Waals surface area contributed by atoms with E-state index >= 15 is 0 Å². The van der Waals surface area contributed by atoms with Crippen LogP contribution in [0.4, 0.5) is 0 Å². The number of hydrogen-bond acceptors (Lipinski definition) is 0. The van der Waals surface area contributed by atoms with Crippen molar-refractivity contribution < 1.29 is 0 Å². The molecule has 0 aromatic heterocycles. The lowest BCUT2D eigenvalue weighted by atomic mass is 9.91. The van der Waals surface area contributed by atoms with Gasteiger partial charge in [0.15, 0.2) is 0 Å². The summed E-state index contributed by atoms with van der Waals surface area (Å²) in [5.41, 5.74) is 7.93. The van der Waals surface area contributed by atoms with Gasteiger partial charge in [-0.2, -0.15) is 0 Å². The van der Waals surface area contributed by atoms with Gasteiger partial charge in [-0.15, -0.1) is 0 Å². The average Bonchev–Trinajstić information content (AvgIpc) is 3.00. The lowest BCUT2D eigenvalue weighted by Gasteiger charge is -2.15. The third-order valence-corrected chi connectivity index (χ3v) is 23.5. The van der Waals surface area contributed by atoms with Gasteiger partial charge in [0.1, 0.15) is 0 Å². The third kappa shape index (κ3) is 98.8. The minimum Gasteiger partial charge on any atom is -0.0859 e. The van der Waals surface area contributed by atoms with Crippen LogP contribution >= 0.6 is 0 Å². The van der Waals surface area contributed by atoms with Crippen LogP contribution in [0.1, 0.15) is 536 Å². The second-order valence-electron chi connectivity index (χ2n) is 39.1. The van der Waals surface area contributed by atoms with Crippen molar-refractivity contribution in [1.82, 2.24) is 0 Å². The molecule has 0 heteroatoms. The van der Waals surface area contributed by atoms with E-state index in [4.69, 9.17) is 0 Å². The summed E-state index contributed by atoms with van der Waals surface area (Å²) in [7, 11) is 0. The molecule has 0 amide bonds. The van der Waals surface area contributed by atoms with Crippen molar-refractivity contribution in [2.75, 3.05) is 0 Å². The van der Waals surface area contributed by atoms with Gasteiger partial charge in [-0.25, -0.2) is 0 Å². The smallest absolute Gasteiger partial charge is 0.0323 e. The Balaban J connectivity index is -0.000000294. The molecule has 0 aromatic carbocycles. The fourth-order valence-corrected chi connectivity index (χ4v) is 15.8. The van der Waals surface area contributed by atoms with Crippen LogP contribution in [0.25, 0.3) is 0 Å². The van der Waals surface area contributed by atoms with Gasteiger partial charge in [0, 0.05) is 0 Å². The van der Waals surface area contributed by atoms with Crippen molar-refractivity contribution in [2.45, 2.75) is 536 Å². The molecule has 0 aliphatic carbocycles. The summed E-state index contributed by atoms with van der Waals surface area (Å²) >= 11 is 0. The molecule has 0 bridgehead atoms. The van der Waals surface area contributed by atoms with Crippen molar-refractivity contribution in [3.8, 4) is 0 Å². The number of rotatable bonds is 65. The van der Waals surface area contributed by atoms with E-state index in [0.29, 0.717) is 0 Å². The Morgan fingerprint density at radius 3 is 0.349 bits per heavy atom. The maximum absolute atomic E-state index is 2.45. The van der Waals surface area contributed by atoms with E-state index in [1.807, 2.05) is 0 Å². The minimum absolute atomic E-state index is 0. The zero-order valence-electron chi connectivity index (χ0n) is 79.4. The topological polar surface area (TPSA) is 0 Å². The summed E-state index contributed by atoms with van der Waals surface area (Å²) in [5.74, 6) is 13.7. The van der Waals surface area contributed by atoms with Crippen LogP contribution < -0.4 is 0 Å². The Morgan fingerprint density at radius 1 is 0.160 bits per heavy atom. The predicted molar refractivity (Wildman–Crippen MR) is 501 cm³/mol. The van der Waals surface area contributed by atoms with Gasteiger partial charge >= 0.3 is 0 Å². The van der Waals surface area contributed by atoms with Crippen molar-refractivity contribution in [3.05, 3.63) is 58.2 Å². The van der Waals surface area contributed by atoms with E-state index in [9.17, 15) is 0 Å². The monoisotopic (exact) mass is 1490 g/mol. The van der Waals surface area contributed by atoms with Gasteiger partial charge in [-0.1, -0.05) is 463 Å². The first-order valence-electron chi connectivity index (χ1n) is 48.0. The van der Waals surface area contributed by atoms with E-state index in [-0.39, 0.29) is 7.43 Å². The summed E-state index contributed by atoms with van der Waals surface area (Å²) in [6.07, 6.45) is 81.3. The Bertz CT molecular complexity index is 1560. The molecule has 638 valence electrons. The normalized spacial score (nSPS) is 15.3. The van der Waals surface area contributed by atoms with Gasteiger partial charge in [0.2, 0.25) is 0 Å². The summed E-state index contributed by atoms with van der Waals surface area (Å²) < 4.78 is 0. The third-order valence-electron chi connectivity index (χ3n) is 23.5. The summed E-state index contributed by atoms with van der Waals surface area (Å²) in [6.45, 7) is 70.4. The van der Waals surface area contributed by atoms with Crippen LogP contribution in [-0.4, -0.2) is 0 Å². The second-order valence-corrected chi connectivity index (χ2v) is 39.1. The first kappa shape index (κ1) is 116. The summed E-state index contributed by atoms with van der Waals surface area (Å²) in [4.78, 5) is 0. The molecule has 0 heterocycles. The Labute approximate surface area is 679 Å². The Morgan fingerprint density at radius 2 is 0.255 bits per heavy atom. The van der Waals surface area contributed by atoms with Gasteiger partial charge in [0.05, 0.1) is 0 Å². The van der Waals surface area contributed by atoms with Crippen LogP contribution in [0, 0.1) is 88.8 Å². The molecule has 0 aromatic rings. The highest BCUT2D eigenvalue weighted by Gasteiger charge is 2.13. The number of hydrogen-bond donors (Lipinski definition) is 0. The molecule has 0 aliphatic heterocycles. The van der Waals surface area contributed by atoms with Gasteiger partial charge in [-0.3, -0.25) is 0 Å².